The molecule has 0 radical (unpaired) electrons. The number of fused-ring (bicyclic) bond motifs is 1. The van der Waals surface area contributed by atoms with Crippen LogP contribution in [0.4, 0.5) is 15.9 Å². The molecule has 0 saturated carbocycles. The van der Waals surface area contributed by atoms with E-state index in [0.29, 0.717) is 46.7 Å². The molecule has 6 heterocycles. The van der Waals surface area contributed by atoms with Crippen molar-refractivity contribution >= 4 is 46.5 Å². The Balaban J connectivity index is 0.787. The maximum atomic E-state index is 14.2. The fourth-order valence-electron chi connectivity index (χ4n) is 9.21. The second-order valence-corrected chi connectivity index (χ2v) is 16.2. The summed E-state index contributed by atoms with van der Waals surface area (Å²) in [5.74, 6) is -0.658. The molecule has 15 nitrogen and oxygen atoms in total. The second kappa shape index (κ2) is 16.4. The number of para-hydroxylation sites is 1. The Morgan fingerprint density at radius 3 is 2.30 bits per heavy atom. The SMILES string of the molecule is CN(C(=O)c1cc(N2CC(N3CCC(N4CCC(n5nc(-c6ccc(Oc7ccccc7F)cc6)c6c(N)ncnc65)CC4)CC3)C2)ccc1C=O)C1CCC(=O)NC1=O. The Bertz CT molecular complexity index is 2440. The predicted molar refractivity (Wildman–Crippen MR) is 222 cm³/mol. The normalized spacial score (nSPS) is 19.9. The van der Waals surface area contributed by atoms with Gasteiger partial charge in [0.1, 0.15) is 29.6 Å². The third-order valence-corrected chi connectivity index (χ3v) is 12.7. The number of nitrogens with two attached hydrogens (primary N) is 1. The van der Waals surface area contributed by atoms with Crippen molar-refractivity contribution in [2.45, 2.75) is 62.7 Å². The van der Waals surface area contributed by atoms with E-state index in [0.717, 1.165) is 76.2 Å². The average molecular weight is 815 g/mol. The van der Waals surface area contributed by atoms with Gasteiger partial charge in [0.05, 0.1) is 17.0 Å². The summed E-state index contributed by atoms with van der Waals surface area (Å²) in [7, 11) is 1.54. The summed E-state index contributed by atoms with van der Waals surface area (Å²) in [5, 5.41) is 8.10. The number of piperidine rings is 3. The number of carbonyl (C=O) groups excluding carboxylic acids is 4. The molecule has 1 unspecified atom stereocenters. The van der Waals surface area contributed by atoms with E-state index in [1.807, 2.05) is 22.9 Å². The lowest BCUT2D eigenvalue weighted by Crippen LogP contribution is -2.62. The van der Waals surface area contributed by atoms with E-state index in [9.17, 15) is 23.6 Å². The molecule has 2 aromatic heterocycles. The predicted octanol–water partition coefficient (Wildman–Crippen LogP) is 4.69. The molecular formula is C44H47FN10O5. The van der Waals surface area contributed by atoms with Gasteiger partial charge in [0, 0.05) is 81.6 Å². The van der Waals surface area contributed by atoms with Crippen molar-refractivity contribution in [3.8, 4) is 22.8 Å². The molecule has 3 N–H and O–H groups in total. The number of amides is 3. The molecule has 1 atom stereocenters. The van der Waals surface area contributed by atoms with Gasteiger partial charge < -0.3 is 25.2 Å². The van der Waals surface area contributed by atoms with Crippen LogP contribution >= 0.6 is 0 Å². The van der Waals surface area contributed by atoms with Gasteiger partial charge in [-0.25, -0.2) is 19.0 Å². The van der Waals surface area contributed by atoms with Crippen molar-refractivity contribution < 1.29 is 28.3 Å². The van der Waals surface area contributed by atoms with Crippen LogP contribution in [-0.2, 0) is 9.59 Å². The Morgan fingerprint density at radius 2 is 1.60 bits per heavy atom. The number of nitrogens with zero attached hydrogens (tertiary/aromatic N) is 8. The molecule has 3 amide bonds. The van der Waals surface area contributed by atoms with Gasteiger partial charge in [-0.1, -0.05) is 12.1 Å². The van der Waals surface area contributed by atoms with Gasteiger partial charge in [-0.2, -0.15) is 5.10 Å². The topological polar surface area (TPSA) is 172 Å². The van der Waals surface area contributed by atoms with Crippen molar-refractivity contribution in [2.24, 2.45) is 0 Å². The Morgan fingerprint density at radius 1 is 0.900 bits per heavy atom. The molecule has 5 aromatic rings. The third kappa shape index (κ3) is 7.56. The number of nitrogen functional groups attached to an aromatic ring is 1. The minimum atomic E-state index is -0.770. The number of anilines is 2. The first-order valence-electron chi connectivity index (χ1n) is 20.6. The lowest BCUT2D eigenvalue weighted by Gasteiger charge is -2.50. The first-order valence-corrected chi connectivity index (χ1v) is 20.6. The zero-order chi connectivity index (χ0) is 41.5. The number of aromatic nitrogens is 4. The van der Waals surface area contributed by atoms with Gasteiger partial charge in [0.2, 0.25) is 11.8 Å². The minimum Gasteiger partial charge on any atom is -0.454 e. The molecule has 60 heavy (non-hydrogen) atoms. The third-order valence-electron chi connectivity index (χ3n) is 12.7. The number of hydrogen-bond acceptors (Lipinski definition) is 12. The highest BCUT2D eigenvalue weighted by Crippen LogP contribution is 2.37. The maximum Gasteiger partial charge on any atom is 0.255 e. The highest BCUT2D eigenvalue weighted by molar-refractivity contribution is 6.06. The molecule has 0 bridgehead atoms. The lowest BCUT2D eigenvalue weighted by atomic mass is 9.95. The highest BCUT2D eigenvalue weighted by Gasteiger charge is 2.38. The molecule has 4 aliphatic heterocycles. The van der Waals surface area contributed by atoms with E-state index in [2.05, 4.69) is 30.0 Å². The van der Waals surface area contributed by atoms with Gasteiger partial charge in [-0.05, 0) is 86.7 Å². The van der Waals surface area contributed by atoms with Crippen molar-refractivity contribution in [2.75, 3.05) is 56.9 Å². The second-order valence-electron chi connectivity index (χ2n) is 16.2. The molecule has 16 heteroatoms. The molecule has 4 aliphatic rings. The number of hydrogen-bond donors (Lipinski definition) is 2. The highest BCUT2D eigenvalue weighted by atomic mass is 19.1. The van der Waals surface area contributed by atoms with Gasteiger partial charge in [-0.3, -0.25) is 29.4 Å². The summed E-state index contributed by atoms with van der Waals surface area (Å²) in [6.45, 7) is 5.60. The lowest BCUT2D eigenvalue weighted by molar-refractivity contribution is -0.136. The van der Waals surface area contributed by atoms with E-state index in [-0.39, 0.29) is 41.7 Å². The summed E-state index contributed by atoms with van der Waals surface area (Å²) in [6, 6.07) is 19.3. The summed E-state index contributed by atoms with van der Waals surface area (Å²) in [5.41, 5.74) is 10.1. The van der Waals surface area contributed by atoms with E-state index in [4.69, 9.17) is 15.6 Å². The number of halogens is 1. The number of rotatable bonds is 10. The summed E-state index contributed by atoms with van der Waals surface area (Å²) in [4.78, 5) is 67.2. The molecule has 4 saturated heterocycles. The van der Waals surface area contributed by atoms with E-state index in [1.54, 1.807) is 42.5 Å². The van der Waals surface area contributed by atoms with Crippen LogP contribution in [0.5, 0.6) is 11.5 Å². The van der Waals surface area contributed by atoms with E-state index >= 15 is 0 Å². The average Bonchev–Trinajstić information content (AvgIpc) is 3.65. The number of ether oxygens (including phenoxy) is 1. The standard InChI is InChI=1S/C44H47FN10O5/c1-51(36-12-13-38(57)49-43(36)58)44(59)34-22-31(9-6-28(34)25-56)54-23-32(24-54)53-18-14-29(15-19-53)52-20-16-30(17-21-52)55-42-39(41(46)47-26-48-42)40(50-55)27-7-10-33(11-8-27)60-37-5-3-2-4-35(37)45/h2-11,22,25-26,29-30,32,36H,12-21,23-24H2,1H3,(H2,46,47,48)(H,49,57,58). The first-order chi connectivity index (χ1) is 29.1. The van der Waals surface area contributed by atoms with Crippen molar-refractivity contribution in [1.82, 2.24) is 39.8 Å². The zero-order valence-corrected chi connectivity index (χ0v) is 33.4. The fraction of sp³-hybridized carbons (Fsp3) is 0.386. The largest absolute Gasteiger partial charge is 0.454 e. The van der Waals surface area contributed by atoms with Gasteiger partial charge in [0.15, 0.2) is 23.5 Å². The number of nitrogens with one attached hydrogen (secondary N) is 1. The molecule has 9 rings (SSSR count). The van der Waals surface area contributed by atoms with Crippen molar-refractivity contribution in [3.05, 3.63) is 90.0 Å². The zero-order valence-electron chi connectivity index (χ0n) is 33.4. The van der Waals surface area contributed by atoms with Crippen LogP contribution < -0.4 is 20.7 Å². The Hall–Kier alpha value is -6.26. The molecule has 0 spiro atoms. The van der Waals surface area contributed by atoms with Crippen LogP contribution in [-0.4, -0.2) is 123 Å². The van der Waals surface area contributed by atoms with E-state index in [1.165, 1.54) is 24.3 Å². The number of aldehydes is 1. The van der Waals surface area contributed by atoms with Crippen LogP contribution in [0.1, 0.15) is 65.3 Å². The van der Waals surface area contributed by atoms with Crippen molar-refractivity contribution in [1.29, 1.82) is 0 Å². The van der Waals surface area contributed by atoms with Gasteiger partial charge in [-0.15, -0.1) is 0 Å². The summed E-state index contributed by atoms with van der Waals surface area (Å²) in [6.07, 6.45) is 6.62. The number of imide groups is 1. The number of likely N-dealkylation sites (tertiary alicyclic amines) is 2. The van der Waals surface area contributed by atoms with Crippen molar-refractivity contribution in [3.63, 3.8) is 0 Å². The molecule has 3 aromatic carbocycles. The van der Waals surface area contributed by atoms with Crippen LogP contribution in [0.25, 0.3) is 22.3 Å². The quantitative estimate of drug-likeness (QED) is 0.148. The van der Waals surface area contributed by atoms with Gasteiger partial charge >= 0.3 is 0 Å². The van der Waals surface area contributed by atoms with Crippen LogP contribution in [0.2, 0.25) is 0 Å². The number of benzene rings is 3. The van der Waals surface area contributed by atoms with E-state index < -0.39 is 23.7 Å². The number of likely N-dealkylation sites (N-methyl/N-ethyl adjacent to an activating group) is 1. The van der Waals surface area contributed by atoms with Gasteiger partial charge in [0.25, 0.3) is 5.91 Å². The smallest absolute Gasteiger partial charge is 0.255 e. The first kappa shape index (κ1) is 39.2. The molecular weight excluding hydrogens is 768 g/mol. The van der Waals surface area contributed by atoms with Crippen LogP contribution in [0.3, 0.4) is 0 Å². The molecule has 0 aliphatic carbocycles. The Labute approximate surface area is 346 Å². The monoisotopic (exact) mass is 814 g/mol. The van der Waals surface area contributed by atoms with Crippen LogP contribution in [0, 0.1) is 5.82 Å². The Kier molecular flexibility index (Phi) is 10.7. The molecule has 310 valence electrons. The minimum absolute atomic E-state index is 0.158. The number of carbonyl (C=O) groups is 4. The fourth-order valence-corrected chi connectivity index (χ4v) is 9.21. The molecule has 4 fully saturated rings. The summed E-state index contributed by atoms with van der Waals surface area (Å²) >= 11 is 0. The maximum absolute atomic E-state index is 14.2. The summed E-state index contributed by atoms with van der Waals surface area (Å²) < 4.78 is 22.0. The van der Waals surface area contributed by atoms with Crippen LogP contribution in [0.15, 0.2) is 73.1 Å².